The van der Waals surface area contributed by atoms with Gasteiger partial charge in [-0.25, -0.2) is 9.97 Å². The van der Waals surface area contributed by atoms with Gasteiger partial charge in [0.05, 0.1) is 16.7 Å². The summed E-state index contributed by atoms with van der Waals surface area (Å²) in [5.74, 6) is -0.398. The number of benzene rings is 1. The number of hydrogen-bond acceptors (Lipinski definition) is 4. The summed E-state index contributed by atoms with van der Waals surface area (Å²) in [6.45, 7) is 1.59. The molecule has 0 saturated heterocycles. The summed E-state index contributed by atoms with van der Waals surface area (Å²) in [5.41, 5.74) is 1.07. The number of halogens is 3. The van der Waals surface area contributed by atoms with Crippen molar-refractivity contribution < 1.29 is 22.7 Å². The van der Waals surface area contributed by atoms with Crippen LogP contribution in [-0.4, -0.2) is 22.6 Å². The Morgan fingerprint density at radius 1 is 1.22 bits per heavy atom. The fraction of sp³-hybridized carbons (Fsp3) is 0.182. The first kappa shape index (κ1) is 12.3. The molecule has 1 heterocycles. The Morgan fingerprint density at radius 2 is 1.94 bits per heavy atom. The number of rotatable bonds is 2. The molecular formula is C11H7F3N2O2. The molecule has 2 aromatic rings. The van der Waals surface area contributed by atoms with E-state index in [2.05, 4.69) is 14.7 Å². The monoisotopic (exact) mass is 256 g/mol. The molecule has 0 bridgehead atoms. The zero-order valence-electron chi connectivity index (χ0n) is 9.15. The predicted molar refractivity (Wildman–Crippen MR) is 56.3 cm³/mol. The normalized spacial score (nSPS) is 11.6. The van der Waals surface area contributed by atoms with Gasteiger partial charge in [0, 0.05) is 6.07 Å². The van der Waals surface area contributed by atoms with Crippen LogP contribution in [0.5, 0.6) is 5.75 Å². The van der Waals surface area contributed by atoms with Crippen LogP contribution in [0.15, 0.2) is 18.2 Å². The van der Waals surface area contributed by atoms with Crippen LogP contribution in [-0.2, 0) is 0 Å². The fourth-order valence-corrected chi connectivity index (χ4v) is 1.44. The quantitative estimate of drug-likeness (QED) is 0.775. The Hall–Kier alpha value is -2.18. The number of fused-ring (bicyclic) bond motifs is 1. The molecule has 0 N–H and O–H groups in total. The summed E-state index contributed by atoms with van der Waals surface area (Å²) in [4.78, 5) is 18.6. The van der Waals surface area contributed by atoms with E-state index in [1.807, 2.05) is 0 Å². The highest BCUT2D eigenvalue weighted by Crippen LogP contribution is 2.25. The zero-order valence-corrected chi connectivity index (χ0v) is 9.15. The molecule has 0 aliphatic carbocycles. The van der Waals surface area contributed by atoms with Gasteiger partial charge in [0.2, 0.25) is 0 Å². The van der Waals surface area contributed by atoms with Crippen molar-refractivity contribution in [3.63, 3.8) is 0 Å². The number of carbonyl (C=O) groups is 1. The van der Waals surface area contributed by atoms with Gasteiger partial charge in [-0.1, -0.05) is 0 Å². The van der Waals surface area contributed by atoms with Crippen molar-refractivity contribution >= 4 is 17.3 Å². The largest absolute Gasteiger partial charge is 0.573 e. The van der Waals surface area contributed by atoms with Crippen molar-refractivity contribution in [2.45, 2.75) is 13.3 Å². The maximum absolute atomic E-state index is 12.0. The van der Waals surface area contributed by atoms with Crippen LogP contribution < -0.4 is 4.74 Å². The van der Waals surface area contributed by atoms with E-state index in [1.165, 1.54) is 6.07 Å². The van der Waals surface area contributed by atoms with Gasteiger partial charge in [0.1, 0.15) is 11.4 Å². The third-order valence-electron chi connectivity index (χ3n) is 2.19. The number of aromatic nitrogens is 2. The van der Waals surface area contributed by atoms with E-state index >= 15 is 0 Å². The maximum atomic E-state index is 12.0. The van der Waals surface area contributed by atoms with Gasteiger partial charge in [0.15, 0.2) is 6.29 Å². The van der Waals surface area contributed by atoms with Gasteiger partial charge < -0.3 is 4.74 Å². The molecule has 0 aliphatic heterocycles. The van der Waals surface area contributed by atoms with E-state index < -0.39 is 12.1 Å². The van der Waals surface area contributed by atoms with Gasteiger partial charge in [0.25, 0.3) is 0 Å². The number of carbonyl (C=O) groups excluding carboxylic acids is 1. The molecule has 0 spiro atoms. The minimum atomic E-state index is -4.76. The lowest BCUT2D eigenvalue weighted by atomic mass is 10.2. The molecule has 4 nitrogen and oxygen atoms in total. The number of nitrogens with zero attached hydrogens (tertiary/aromatic N) is 2. The van der Waals surface area contributed by atoms with Crippen LogP contribution in [0, 0.1) is 6.92 Å². The maximum Gasteiger partial charge on any atom is 0.573 e. The lowest BCUT2D eigenvalue weighted by molar-refractivity contribution is -0.274. The third-order valence-corrected chi connectivity index (χ3v) is 2.19. The first-order valence-electron chi connectivity index (χ1n) is 4.88. The summed E-state index contributed by atoms with van der Waals surface area (Å²) in [6, 6.07) is 3.58. The van der Waals surface area contributed by atoms with E-state index in [-0.39, 0.29) is 11.2 Å². The Bertz CT molecular complexity index is 611. The fourth-order valence-electron chi connectivity index (χ4n) is 1.44. The van der Waals surface area contributed by atoms with Crippen LogP contribution in [0.2, 0.25) is 0 Å². The molecule has 1 aromatic heterocycles. The van der Waals surface area contributed by atoms with Crippen LogP contribution in [0.1, 0.15) is 16.2 Å². The number of hydrogen-bond donors (Lipinski definition) is 0. The van der Waals surface area contributed by atoms with Crippen LogP contribution in [0.4, 0.5) is 13.2 Å². The highest BCUT2D eigenvalue weighted by atomic mass is 19.4. The van der Waals surface area contributed by atoms with Gasteiger partial charge in [-0.3, -0.25) is 4.79 Å². The first-order chi connectivity index (χ1) is 8.39. The van der Waals surface area contributed by atoms with Gasteiger partial charge in [-0.15, -0.1) is 13.2 Å². The smallest absolute Gasteiger partial charge is 0.406 e. The van der Waals surface area contributed by atoms with Crippen LogP contribution in [0.25, 0.3) is 11.0 Å². The van der Waals surface area contributed by atoms with E-state index in [0.29, 0.717) is 17.5 Å². The van der Waals surface area contributed by atoms with Gasteiger partial charge in [-0.2, -0.15) is 0 Å². The molecule has 7 heteroatoms. The van der Waals surface area contributed by atoms with Crippen molar-refractivity contribution in [1.82, 2.24) is 9.97 Å². The first-order valence-corrected chi connectivity index (χ1v) is 4.88. The third kappa shape index (κ3) is 2.55. The Labute approximate surface area is 99.4 Å². The number of aryl methyl sites for hydroxylation is 1. The second kappa shape index (κ2) is 4.25. The lowest BCUT2D eigenvalue weighted by Gasteiger charge is -2.09. The standard InChI is InChI=1S/C11H7F3N2O2/c1-6-10(5-17)16-9-4-7(18-11(12,13)14)2-3-8(9)15-6/h2-5H,1H3. The summed E-state index contributed by atoms with van der Waals surface area (Å²) in [6.07, 6.45) is -4.27. The Kier molecular flexibility index (Phi) is 2.90. The summed E-state index contributed by atoms with van der Waals surface area (Å²) in [5, 5.41) is 0. The van der Waals surface area contributed by atoms with Crippen molar-refractivity contribution in [3.05, 3.63) is 29.6 Å². The highest BCUT2D eigenvalue weighted by Gasteiger charge is 2.31. The topological polar surface area (TPSA) is 52.1 Å². The molecule has 0 radical (unpaired) electrons. The lowest BCUT2D eigenvalue weighted by Crippen LogP contribution is -2.17. The molecule has 18 heavy (non-hydrogen) atoms. The van der Waals surface area contributed by atoms with Crippen molar-refractivity contribution in [3.8, 4) is 5.75 Å². The highest BCUT2D eigenvalue weighted by molar-refractivity contribution is 5.82. The van der Waals surface area contributed by atoms with Crippen molar-refractivity contribution in [2.75, 3.05) is 0 Å². The predicted octanol–water partition coefficient (Wildman–Crippen LogP) is 2.65. The van der Waals surface area contributed by atoms with Gasteiger partial charge >= 0.3 is 6.36 Å². The molecule has 0 unspecified atom stereocenters. The summed E-state index contributed by atoms with van der Waals surface area (Å²) < 4.78 is 39.9. The number of ether oxygens (including phenoxy) is 1. The molecule has 0 saturated carbocycles. The molecule has 0 amide bonds. The van der Waals surface area contributed by atoms with E-state index in [1.54, 1.807) is 6.92 Å². The van der Waals surface area contributed by atoms with Crippen LogP contribution >= 0.6 is 0 Å². The Balaban J connectivity index is 2.50. The number of alkyl halides is 3. The second-order valence-corrected chi connectivity index (χ2v) is 3.51. The van der Waals surface area contributed by atoms with Crippen LogP contribution in [0.3, 0.4) is 0 Å². The van der Waals surface area contributed by atoms with Crippen molar-refractivity contribution in [2.24, 2.45) is 0 Å². The summed E-state index contributed by atoms with van der Waals surface area (Å²) >= 11 is 0. The Morgan fingerprint density at radius 3 is 2.56 bits per heavy atom. The van der Waals surface area contributed by atoms with Gasteiger partial charge in [-0.05, 0) is 19.1 Å². The SMILES string of the molecule is Cc1nc2ccc(OC(F)(F)F)cc2nc1C=O. The summed E-state index contributed by atoms with van der Waals surface area (Å²) in [7, 11) is 0. The molecule has 0 fully saturated rings. The average molecular weight is 256 g/mol. The molecule has 0 atom stereocenters. The minimum absolute atomic E-state index is 0.0895. The minimum Gasteiger partial charge on any atom is -0.406 e. The second-order valence-electron chi connectivity index (χ2n) is 3.51. The van der Waals surface area contributed by atoms with Crippen molar-refractivity contribution in [1.29, 1.82) is 0 Å². The molecular weight excluding hydrogens is 249 g/mol. The molecule has 0 aliphatic rings. The zero-order chi connectivity index (χ0) is 13.3. The van der Waals surface area contributed by atoms with E-state index in [9.17, 15) is 18.0 Å². The number of aldehydes is 1. The average Bonchev–Trinajstić information content (AvgIpc) is 2.26. The molecule has 2 rings (SSSR count). The van der Waals surface area contributed by atoms with E-state index in [0.717, 1.165) is 12.1 Å². The van der Waals surface area contributed by atoms with E-state index in [4.69, 9.17) is 0 Å². The molecule has 1 aromatic carbocycles. The molecule has 94 valence electrons.